The molecule has 1 aliphatic rings. The zero-order chi connectivity index (χ0) is 30.4. The van der Waals surface area contributed by atoms with Gasteiger partial charge in [-0.1, -0.05) is 48.6 Å². The first-order valence-corrected chi connectivity index (χ1v) is 13.7. The predicted molar refractivity (Wildman–Crippen MR) is 145 cm³/mol. The van der Waals surface area contributed by atoms with E-state index in [0.29, 0.717) is 37.1 Å². The normalized spacial score (nSPS) is 18.4. The lowest BCUT2D eigenvalue weighted by molar-refractivity contribution is -0.142. The van der Waals surface area contributed by atoms with Crippen molar-refractivity contribution in [3.63, 3.8) is 0 Å². The summed E-state index contributed by atoms with van der Waals surface area (Å²) in [6, 6.07) is 12.4. The Kier molecular flexibility index (Phi) is 10.2. The molecule has 0 spiro atoms. The minimum Gasteiger partial charge on any atom is -0.373 e. The number of benzene rings is 3. The standard InChI is InChI=1S/C33H30F8O/c1-2-3-4-5-26(34)32(38)23-11-8-21(9-12-23)25-14-15-30(42-19-25)24-13-10-22(27(35)18-24)7-6-20-16-28(36)31(29(37)17-20)33(39,40)41/h2-3,8-13,16-18,25,30H,4-7,14-15,19H2,1H3. The van der Waals surface area contributed by atoms with E-state index < -0.39 is 40.8 Å². The van der Waals surface area contributed by atoms with Crippen LogP contribution in [0.3, 0.4) is 0 Å². The van der Waals surface area contributed by atoms with Crippen LogP contribution in [0.2, 0.25) is 0 Å². The van der Waals surface area contributed by atoms with Crippen molar-refractivity contribution in [1.82, 2.24) is 0 Å². The molecule has 0 amide bonds. The minimum absolute atomic E-state index is 0.00350. The number of aryl methyl sites for hydroxylation is 2. The molecule has 0 bridgehead atoms. The monoisotopic (exact) mass is 594 g/mol. The summed E-state index contributed by atoms with van der Waals surface area (Å²) < 4.78 is 115. The highest BCUT2D eigenvalue weighted by atomic mass is 19.4. The summed E-state index contributed by atoms with van der Waals surface area (Å²) in [5, 5.41) is 0. The highest BCUT2D eigenvalue weighted by molar-refractivity contribution is 5.61. The van der Waals surface area contributed by atoms with Crippen molar-refractivity contribution in [1.29, 1.82) is 0 Å². The van der Waals surface area contributed by atoms with E-state index in [1.807, 2.05) is 6.92 Å². The number of hydrogen-bond acceptors (Lipinski definition) is 1. The fourth-order valence-electron chi connectivity index (χ4n) is 5.11. The summed E-state index contributed by atoms with van der Waals surface area (Å²) in [4.78, 5) is 0. The maximum Gasteiger partial charge on any atom is 0.422 e. The van der Waals surface area contributed by atoms with Crippen molar-refractivity contribution in [3.05, 3.63) is 123 Å². The number of halogens is 8. The van der Waals surface area contributed by atoms with Gasteiger partial charge in [0.2, 0.25) is 0 Å². The first-order chi connectivity index (χ1) is 20.0. The van der Waals surface area contributed by atoms with E-state index in [1.165, 1.54) is 12.1 Å². The van der Waals surface area contributed by atoms with Crippen LogP contribution in [0.4, 0.5) is 35.1 Å². The molecule has 3 aromatic rings. The van der Waals surface area contributed by atoms with Gasteiger partial charge in [0.15, 0.2) is 5.83 Å². The Morgan fingerprint density at radius 3 is 2.10 bits per heavy atom. The molecule has 0 aromatic heterocycles. The van der Waals surface area contributed by atoms with Gasteiger partial charge in [0.25, 0.3) is 0 Å². The smallest absolute Gasteiger partial charge is 0.373 e. The van der Waals surface area contributed by atoms with E-state index in [1.54, 1.807) is 42.5 Å². The largest absolute Gasteiger partial charge is 0.422 e. The first kappa shape index (κ1) is 31.5. The molecule has 1 fully saturated rings. The van der Waals surface area contributed by atoms with E-state index in [-0.39, 0.29) is 48.0 Å². The van der Waals surface area contributed by atoms with Gasteiger partial charge in [-0.05, 0) is 79.5 Å². The topological polar surface area (TPSA) is 9.23 Å². The molecule has 42 heavy (non-hydrogen) atoms. The third-order valence-corrected chi connectivity index (χ3v) is 7.43. The molecule has 1 heterocycles. The van der Waals surface area contributed by atoms with E-state index >= 15 is 0 Å². The Bertz CT molecular complexity index is 1410. The van der Waals surface area contributed by atoms with Gasteiger partial charge < -0.3 is 4.74 Å². The van der Waals surface area contributed by atoms with Gasteiger partial charge in [0.1, 0.15) is 28.8 Å². The van der Waals surface area contributed by atoms with Crippen LogP contribution in [0.1, 0.15) is 78.0 Å². The summed E-state index contributed by atoms with van der Waals surface area (Å²) in [6.07, 6.45) is -0.208. The third-order valence-electron chi connectivity index (χ3n) is 7.43. The molecule has 0 N–H and O–H groups in total. The van der Waals surface area contributed by atoms with Crippen LogP contribution in [0.25, 0.3) is 5.83 Å². The quantitative estimate of drug-likeness (QED) is 0.177. The van der Waals surface area contributed by atoms with Crippen LogP contribution < -0.4 is 0 Å². The molecule has 4 rings (SSSR count). The number of hydrogen-bond donors (Lipinski definition) is 0. The molecular formula is C33H30F8O. The predicted octanol–water partition coefficient (Wildman–Crippen LogP) is 10.5. The van der Waals surface area contributed by atoms with Crippen molar-refractivity contribution in [2.75, 3.05) is 6.61 Å². The van der Waals surface area contributed by atoms with Gasteiger partial charge >= 0.3 is 6.18 Å². The summed E-state index contributed by atoms with van der Waals surface area (Å²) >= 11 is 0. The van der Waals surface area contributed by atoms with E-state index in [9.17, 15) is 35.1 Å². The number of alkyl halides is 3. The maximum atomic E-state index is 14.9. The molecule has 0 aliphatic carbocycles. The van der Waals surface area contributed by atoms with Crippen molar-refractivity contribution in [2.45, 2.75) is 63.6 Å². The molecule has 3 aromatic carbocycles. The lowest BCUT2D eigenvalue weighted by Gasteiger charge is -2.30. The number of allylic oxidation sites excluding steroid dienone is 3. The molecule has 1 nitrogen and oxygen atoms in total. The van der Waals surface area contributed by atoms with Crippen LogP contribution in [-0.4, -0.2) is 6.61 Å². The highest BCUT2D eigenvalue weighted by Crippen LogP contribution is 2.37. The van der Waals surface area contributed by atoms with Gasteiger partial charge in [0.05, 0.1) is 12.7 Å². The Morgan fingerprint density at radius 2 is 1.52 bits per heavy atom. The Balaban J connectivity index is 1.33. The van der Waals surface area contributed by atoms with Crippen LogP contribution in [0.5, 0.6) is 0 Å². The van der Waals surface area contributed by atoms with E-state index in [0.717, 1.165) is 12.0 Å². The second-order valence-corrected chi connectivity index (χ2v) is 10.3. The van der Waals surface area contributed by atoms with E-state index in [2.05, 4.69) is 0 Å². The maximum absolute atomic E-state index is 14.9. The van der Waals surface area contributed by atoms with Crippen molar-refractivity contribution >= 4 is 5.83 Å². The Morgan fingerprint density at radius 1 is 0.857 bits per heavy atom. The molecular weight excluding hydrogens is 564 g/mol. The number of ether oxygens (including phenoxy) is 1. The SMILES string of the molecule is CC=CCCC(F)=C(F)c1ccc(C2CCC(c3ccc(CCc4cc(F)c(C(F)(F)F)c(F)c4)c(F)c3)OC2)cc1. The number of rotatable bonds is 9. The summed E-state index contributed by atoms with van der Waals surface area (Å²) in [5.74, 6) is -5.57. The van der Waals surface area contributed by atoms with Gasteiger partial charge in [-0.3, -0.25) is 0 Å². The Hall–Kier alpha value is -3.46. The second kappa shape index (κ2) is 13.7. The van der Waals surface area contributed by atoms with Crippen LogP contribution in [-0.2, 0) is 23.8 Å². The zero-order valence-electron chi connectivity index (χ0n) is 22.9. The van der Waals surface area contributed by atoms with Crippen molar-refractivity contribution < 1.29 is 39.9 Å². The van der Waals surface area contributed by atoms with Gasteiger partial charge in [0, 0.05) is 17.9 Å². The molecule has 1 saturated heterocycles. The zero-order valence-corrected chi connectivity index (χ0v) is 22.9. The third kappa shape index (κ3) is 7.68. The minimum atomic E-state index is -5.15. The van der Waals surface area contributed by atoms with Crippen molar-refractivity contribution in [2.24, 2.45) is 0 Å². The van der Waals surface area contributed by atoms with Gasteiger partial charge in [-0.15, -0.1) is 0 Å². The lowest BCUT2D eigenvalue weighted by Crippen LogP contribution is -2.19. The fraction of sp³-hybridized carbons (Fsp3) is 0.333. The molecule has 2 atom stereocenters. The second-order valence-electron chi connectivity index (χ2n) is 10.3. The molecule has 1 aliphatic heterocycles. The summed E-state index contributed by atoms with van der Waals surface area (Å²) in [5.41, 5.74) is 0.0307. The fourth-order valence-corrected chi connectivity index (χ4v) is 5.11. The molecule has 224 valence electrons. The summed E-state index contributed by atoms with van der Waals surface area (Å²) in [7, 11) is 0. The summed E-state index contributed by atoms with van der Waals surface area (Å²) in [6.45, 7) is 2.17. The first-order valence-electron chi connectivity index (χ1n) is 13.7. The lowest BCUT2D eigenvalue weighted by atomic mass is 9.88. The van der Waals surface area contributed by atoms with E-state index in [4.69, 9.17) is 4.74 Å². The molecule has 0 radical (unpaired) electrons. The molecule has 2 unspecified atom stereocenters. The average Bonchev–Trinajstić information content (AvgIpc) is 2.95. The van der Waals surface area contributed by atoms with Gasteiger partial charge in [-0.2, -0.15) is 13.2 Å². The van der Waals surface area contributed by atoms with Gasteiger partial charge in [-0.25, -0.2) is 22.0 Å². The highest BCUT2D eigenvalue weighted by Gasteiger charge is 2.37. The average molecular weight is 595 g/mol. The van der Waals surface area contributed by atoms with Crippen LogP contribution in [0, 0.1) is 17.5 Å². The van der Waals surface area contributed by atoms with Crippen LogP contribution in [0.15, 0.2) is 72.6 Å². The van der Waals surface area contributed by atoms with Crippen molar-refractivity contribution in [3.8, 4) is 0 Å². The Labute approximate surface area is 239 Å². The molecule has 0 saturated carbocycles. The molecule has 9 heteroatoms. The van der Waals surface area contributed by atoms with Crippen LogP contribution >= 0.6 is 0 Å².